The Bertz CT molecular complexity index is 802. The van der Waals surface area contributed by atoms with Gasteiger partial charge in [-0.25, -0.2) is 0 Å². The zero-order valence-electron chi connectivity index (χ0n) is 13.0. The van der Waals surface area contributed by atoms with Gasteiger partial charge in [0.2, 0.25) is 0 Å². The van der Waals surface area contributed by atoms with Gasteiger partial charge in [0.25, 0.3) is 0 Å². The van der Waals surface area contributed by atoms with Crippen LogP contribution in [0.25, 0.3) is 17.2 Å². The molecule has 0 spiro atoms. The number of hydrogen-bond acceptors (Lipinski definition) is 0. The minimum atomic E-state index is 0. The van der Waals surface area contributed by atoms with Crippen LogP contribution in [0, 0.1) is 0 Å². The second-order valence-electron chi connectivity index (χ2n) is 5.80. The van der Waals surface area contributed by atoms with E-state index in [1.54, 1.807) is 0 Å². The van der Waals surface area contributed by atoms with Gasteiger partial charge in [-0.15, -0.1) is 0 Å². The van der Waals surface area contributed by atoms with Crippen LogP contribution < -0.4 is 0 Å². The Morgan fingerprint density at radius 2 is 1.09 bits per heavy atom. The van der Waals surface area contributed by atoms with E-state index in [1.807, 2.05) is 0 Å². The Kier molecular flexibility index (Phi) is 5.08. The van der Waals surface area contributed by atoms with Gasteiger partial charge in [-0.3, -0.25) is 0 Å². The Morgan fingerprint density at radius 3 is 1.70 bits per heavy atom. The molecule has 0 radical (unpaired) electrons. The largest absolute Gasteiger partial charge is 0.0795 e. The SMILES string of the molecule is C1=Cc2ccccc2C1.[Zr].c1ccc2c(c1)Cc1ccccc1-2. The Labute approximate surface area is 157 Å². The van der Waals surface area contributed by atoms with Crippen molar-refractivity contribution in [3.8, 4) is 11.1 Å². The summed E-state index contributed by atoms with van der Waals surface area (Å²) in [5.41, 5.74) is 8.60. The first-order chi connectivity index (χ1) is 10.9. The zero-order valence-corrected chi connectivity index (χ0v) is 15.5. The molecule has 0 aromatic heterocycles. The molecule has 3 aromatic rings. The summed E-state index contributed by atoms with van der Waals surface area (Å²) in [7, 11) is 0. The number of rotatable bonds is 0. The molecule has 0 N–H and O–H groups in total. The van der Waals surface area contributed by atoms with Crippen molar-refractivity contribution < 1.29 is 26.2 Å². The summed E-state index contributed by atoms with van der Waals surface area (Å²) < 4.78 is 0. The van der Waals surface area contributed by atoms with Crippen molar-refractivity contribution in [1.29, 1.82) is 0 Å². The van der Waals surface area contributed by atoms with Gasteiger partial charge < -0.3 is 0 Å². The minimum absolute atomic E-state index is 0. The summed E-state index contributed by atoms with van der Waals surface area (Å²) in [6.45, 7) is 0. The van der Waals surface area contributed by atoms with E-state index in [9.17, 15) is 0 Å². The molecule has 0 bridgehead atoms. The molecule has 2 aliphatic rings. The summed E-state index contributed by atoms with van der Waals surface area (Å²) in [6, 6.07) is 25.8. The van der Waals surface area contributed by atoms with Crippen molar-refractivity contribution in [2.45, 2.75) is 12.8 Å². The summed E-state index contributed by atoms with van der Waals surface area (Å²) in [6.07, 6.45) is 6.60. The molecule has 0 fully saturated rings. The molecule has 5 rings (SSSR count). The Balaban J connectivity index is 0.000000138. The maximum absolute atomic E-state index is 2.22. The Morgan fingerprint density at radius 1 is 0.565 bits per heavy atom. The number of fused-ring (bicyclic) bond motifs is 4. The molecule has 0 saturated heterocycles. The predicted molar refractivity (Wildman–Crippen MR) is 93.9 cm³/mol. The van der Waals surface area contributed by atoms with E-state index in [-0.39, 0.29) is 26.2 Å². The van der Waals surface area contributed by atoms with E-state index in [0.29, 0.717) is 0 Å². The number of allylic oxidation sites excluding steroid dienone is 1. The number of benzene rings is 3. The van der Waals surface area contributed by atoms with Gasteiger partial charge in [0.05, 0.1) is 0 Å². The van der Waals surface area contributed by atoms with Crippen molar-refractivity contribution >= 4 is 6.08 Å². The van der Waals surface area contributed by atoms with Crippen LogP contribution in [0.2, 0.25) is 0 Å². The van der Waals surface area contributed by atoms with Crippen LogP contribution in [0.3, 0.4) is 0 Å². The monoisotopic (exact) mass is 372 g/mol. The molecule has 0 amide bonds. The van der Waals surface area contributed by atoms with Crippen molar-refractivity contribution in [3.05, 3.63) is 101 Å². The maximum Gasteiger partial charge on any atom is 0 e. The third-order valence-electron chi connectivity index (χ3n) is 4.40. The minimum Gasteiger partial charge on any atom is -0.0795 e. The van der Waals surface area contributed by atoms with Gasteiger partial charge in [0.15, 0.2) is 0 Å². The van der Waals surface area contributed by atoms with E-state index < -0.39 is 0 Å². The topological polar surface area (TPSA) is 0 Å². The van der Waals surface area contributed by atoms with Crippen LogP contribution in [0.4, 0.5) is 0 Å². The molecule has 0 saturated carbocycles. The first-order valence-electron chi connectivity index (χ1n) is 7.82. The predicted octanol–water partition coefficient (Wildman–Crippen LogP) is 5.51. The fourth-order valence-corrected chi connectivity index (χ4v) is 3.28. The average Bonchev–Trinajstić information content (AvgIpc) is 3.19. The van der Waals surface area contributed by atoms with Crippen LogP contribution in [-0.2, 0) is 39.0 Å². The van der Waals surface area contributed by atoms with Gasteiger partial charge in [-0.05, 0) is 46.2 Å². The maximum atomic E-state index is 2.22. The van der Waals surface area contributed by atoms with Gasteiger partial charge in [-0.2, -0.15) is 0 Å². The molecule has 0 nitrogen and oxygen atoms in total. The standard InChI is InChI=1S/C13H10.C9H8.Zr/c1-3-7-12-10(5-1)9-11-6-2-4-8-13(11)12;1-2-5-9-7-3-6-8(9)4-1;/h1-8H,9H2;1-6H,7H2;. The van der Waals surface area contributed by atoms with E-state index in [2.05, 4.69) is 84.9 Å². The van der Waals surface area contributed by atoms with Crippen LogP contribution >= 0.6 is 0 Å². The fraction of sp³-hybridized carbons (Fsp3) is 0.0909. The Hall–Kier alpha value is -1.72. The molecule has 0 atom stereocenters. The summed E-state index contributed by atoms with van der Waals surface area (Å²) in [4.78, 5) is 0. The normalized spacial score (nSPS) is 12.3. The third-order valence-corrected chi connectivity index (χ3v) is 4.40. The number of hydrogen-bond donors (Lipinski definition) is 0. The molecular weight excluding hydrogens is 355 g/mol. The molecule has 0 unspecified atom stereocenters. The van der Waals surface area contributed by atoms with Gasteiger partial charge >= 0.3 is 0 Å². The first-order valence-corrected chi connectivity index (χ1v) is 7.82. The quantitative estimate of drug-likeness (QED) is 0.381. The second kappa shape index (κ2) is 7.24. The third kappa shape index (κ3) is 3.31. The van der Waals surface area contributed by atoms with Crippen LogP contribution in [0.5, 0.6) is 0 Å². The van der Waals surface area contributed by atoms with E-state index in [0.717, 1.165) is 12.8 Å². The molecular formula is C22H18Zr. The summed E-state index contributed by atoms with van der Waals surface area (Å²) in [5.74, 6) is 0. The molecule has 23 heavy (non-hydrogen) atoms. The molecule has 1 heteroatoms. The molecule has 3 aromatic carbocycles. The van der Waals surface area contributed by atoms with Crippen molar-refractivity contribution in [2.75, 3.05) is 0 Å². The van der Waals surface area contributed by atoms with Crippen molar-refractivity contribution in [1.82, 2.24) is 0 Å². The smallest absolute Gasteiger partial charge is 0 e. The molecule has 0 heterocycles. The van der Waals surface area contributed by atoms with Crippen molar-refractivity contribution in [3.63, 3.8) is 0 Å². The summed E-state index contributed by atoms with van der Waals surface area (Å²) in [5, 5.41) is 0. The van der Waals surface area contributed by atoms with Gasteiger partial charge in [0, 0.05) is 26.2 Å². The average molecular weight is 374 g/mol. The van der Waals surface area contributed by atoms with E-state index in [1.165, 1.54) is 33.4 Å². The first kappa shape index (κ1) is 16.2. The van der Waals surface area contributed by atoms with Crippen molar-refractivity contribution in [2.24, 2.45) is 0 Å². The van der Waals surface area contributed by atoms with Crippen LogP contribution in [0.15, 0.2) is 78.9 Å². The van der Waals surface area contributed by atoms with E-state index >= 15 is 0 Å². The molecule has 110 valence electrons. The zero-order chi connectivity index (χ0) is 14.8. The van der Waals surface area contributed by atoms with Crippen LogP contribution in [-0.4, -0.2) is 0 Å². The fourth-order valence-electron chi connectivity index (χ4n) is 3.28. The second-order valence-corrected chi connectivity index (χ2v) is 5.80. The van der Waals surface area contributed by atoms with E-state index in [4.69, 9.17) is 0 Å². The molecule has 2 aliphatic carbocycles. The molecule has 0 aliphatic heterocycles. The summed E-state index contributed by atoms with van der Waals surface area (Å²) >= 11 is 0. The van der Waals surface area contributed by atoms with Gasteiger partial charge in [0.1, 0.15) is 0 Å². The van der Waals surface area contributed by atoms with Crippen LogP contribution in [0.1, 0.15) is 22.3 Å². The van der Waals surface area contributed by atoms with Gasteiger partial charge in [-0.1, -0.05) is 84.9 Å².